The number of allylic oxidation sites excluding steroid dienone is 8. The molecular formula is C43H54N2O4S. The van der Waals surface area contributed by atoms with Crippen LogP contribution in [0.15, 0.2) is 89.5 Å². The molecule has 1 saturated carbocycles. The predicted molar refractivity (Wildman–Crippen MR) is 202 cm³/mol. The van der Waals surface area contributed by atoms with Gasteiger partial charge in [-0.3, -0.25) is 4.79 Å². The van der Waals surface area contributed by atoms with Crippen LogP contribution in [0.2, 0.25) is 0 Å². The van der Waals surface area contributed by atoms with Crippen molar-refractivity contribution in [2.45, 2.75) is 109 Å². The van der Waals surface area contributed by atoms with Crippen LogP contribution in [0.25, 0.3) is 0 Å². The second-order valence-electron chi connectivity index (χ2n) is 15.9. The first kappa shape index (κ1) is 36.2. The average Bonchev–Trinajstić information content (AvgIpc) is 3.79. The zero-order valence-electron chi connectivity index (χ0n) is 30.7. The Morgan fingerprint density at radius 2 is 1.74 bits per heavy atom. The number of aryl methyl sites for hydroxylation is 1. The number of benzene rings is 2. The molecule has 3 atom stereocenters. The molecule has 2 bridgehead atoms. The summed E-state index contributed by atoms with van der Waals surface area (Å²) in [6, 6.07) is 11.5. The normalized spacial score (nSPS) is 24.0. The quantitative estimate of drug-likeness (QED) is 0.0648. The number of nitrogens with zero attached hydrogens (tertiary/aromatic N) is 2. The van der Waals surface area contributed by atoms with Crippen molar-refractivity contribution in [1.29, 1.82) is 0 Å². The van der Waals surface area contributed by atoms with E-state index in [4.69, 9.17) is 0 Å². The number of ketones is 1. The van der Waals surface area contributed by atoms with Gasteiger partial charge in [0.05, 0.1) is 10.3 Å². The molecule has 4 aliphatic rings. The molecule has 2 heterocycles. The lowest BCUT2D eigenvalue weighted by molar-refractivity contribution is -0.438. The number of anilines is 1. The van der Waals surface area contributed by atoms with Crippen molar-refractivity contribution in [3.63, 3.8) is 0 Å². The van der Waals surface area contributed by atoms with E-state index < -0.39 is 15.5 Å². The Labute approximate surface area is 300 Å². The maximum atomic E-state index is 12.7. The van der Waals surface area contributed by atoms with Crippen LogP contribution in [-0.2, 0) is 25.7 Å². The number of hydrogen-bond donors (Lipinski definition) is 0. The van der Waals surface area contributed by atoms with E-state index in [0.717, 1.165) is 79.9 Å². The van der Waals surface area contributed by atoms with Crippen LogP contribution in [-0.4, -0.2) is 42.1 Å². The van der Waals surface area contributed by atoms with E-state index in [9.17, 15) is 17.8 Å². The highest BCUT2D eigenvalue weighted by atomic mass is 32.2. The van der Waals surface area contributed by atoms with Crippen LogP contribution >= 0.6 is 0 Å². The first-order chi connectivity index (χ1) is 23.7. The van der Waals surface area contributed by atoms with E-state index in [1.54, 1.807) is 6.07 Å². The van der Waals surface area contributed by atoms with Gasteiger partial charge in [0, 0.05) is 60.3 Å². The average molecular weight is 695 g/mol. The van der Waals surface area contributed by atoms with Crippen molar-refractivity contribution in [3.8, 4) is 0 Å². The van der Waals surface area contributed by atoms with E-state index >= 15 is 0 Å². The standard InChI is InChI=1S/C43H54N2O4S/c1-7-44-38-24-22-35(50(47,48)49)29-37(38)43(5,6)40(44)15-11-8-12-16-41-42(3,4)36-26-30(2)17-23-39(36)45(41)25-13-9-10-14-34(46)21-20-33-28-31-18-19-32(33)27-31/h8,11-12,15-19,22-24,26,29,31-33H,7,9-10,13-14,20-21,25,27-28H2,1-6H3/t31?,32-,33+/m0/s1. The Hall–Kier alpha value is -3.55. The van der Waals surface area contributed by atoms with Gasteiger partial charge in [-0.15, -0.1) is 0 Å². The molecule has 7 heteroatoms. The summed E-state index contributed by atoms with van der Waals surface area (Å²) in [5, 5.41) is 0. The van der Waals surface area contributed by atoms with Crippen LogP contribution in [0.3, 0.4) is 0 Å². The minimum absolute atomic E-state index is 0.150. The Morgan fingerprint density at radius 1 is 0.940 bits per heavy atom. The largest absolute Gasteiger partial charge is 0.744 e. The number of rotatable bonds is 14. The lowest BCUT2D eigenvalue weighted by Gasteiger charge is -2.25. The second kappa shape index (κ2) is 14.2. The summed E-state index contributed by atoms with van der Waals surface area (Å²) in [4.78, 5) is 14.7. The Morgan fingerprint density at radius 3 is 2.44 bits per heavy atom. The van der Waals surface area contributed by atoms with Crippen LogP contribution in [0.5, 0.6) is 0 Å². The Kier molecular flexibility index (Phi) is 10.3. The highest BCUT2D eigenvalue weighted by Crippen LogP contribution is 2.48. The summed E-state index contributed by atoms with van der Waals surface area (Å²) >= 11 is 0. The zero-order valence-corrected chi connectivity index (χ0v) is 31.6. The molecular weight excluding hydrogens is 641 g/mol. The lowest BCUT2D eigenvalue weighted by Crippen LogP contribution is -2.28. The number of carbonyl (C=O) groups excluding carboxylic acids is 1. The number of fused-ring (bicyclic) bond motifs is 4. The third-order valence-electron chi connectivity index (χ3n) is 11.8. The molecule has 0 spiro atoms. The fraction of sp³-hybridized carbons (Fsp3) is 0.488. The van der Waals surface area contributed by atoms with Crippen molar-refractivity contribution in [1.82, 2.24) is 0 Å². The molecule has 50 heavy (non-hydrogen) atoms. The van der Waals surface area contributed by atoms with Gasteiger partial charge in [-0.25, -0.2) is 8.42 Å². The Balaban J connectivity index is 1.12. The van der Waals surface area contributed by atoms with Gasteiger partial charge in [-0.1, -0.05) is 55.9 Å². The van der Waals surface area contributed by atoms with Gasteiger partial charge in [-0.2, -0.15) is 4.58 Å². The third kappa shape index (κ3) is 7.13. The highest BCUT2D eigenvalue weighted by Gasteiger charge is 2.44. The SMILES string of the molecule is CCN1C(=CC=CC=CC2=[N+](CCCCCC(=O)CC[C@@H]3CC4C=C[C@H]3C4)c3ccc(C)cc3C2(C)C)C(C)(C)c2cc(S(=O)(=O)[O-])ccc21. The molecule has 0 radical (unpaired) electrons. The highest BCUT2D eigenvalue weighted by molar-refractivity contribution is 7.85. The van der Waals surface area contributed by atoms with Gasteiger partial charge in [0.2, 0.25) is 5.69 Å². The minimum Gasteiger partial charge on any atom is -0.744 e. The molecule has 2 aromatic rings. The van der Waals surface area contributed by atoms with Crippen molar-refractivity contribution in [2.24, 2.45) is 17.8 Å². The van der Waals surface area contributed by atoms with E-state index in [0.29, 0.717) is 12.2 Å². The number of unbranched alkanes of at least 4 members (excludes halogenated alkanes) is 2. The van der Waals surface area contributed by atoms with Crippen LogP contribution < -0.4 is 4.90 Å². The van der Waals surface area contributed by atoms with Gasteiger partial charge in [0.1, 0.15) is 22.4 Å². The zero-order chi connectivity index (χ0) is 35.8. The molecule has 266 valence electrons. The molecule has 1 unspecified atom stereocenters. The number of carbonyl (C=O) groups is 1. The number of Topliss-reactive ketones (excluding diaryl/α,β-unsaturated/α-hetero) is 1. The predicted octanol–water partition coefficient (Wildman–Crippen LogP) is 9.21. The topological polar surface area (TPSA) is 80.5 Å². The summed E-state index contributed by atoms with van der Waals surface area (Å²) in [6.45, 7) is 14.6. The van der Waals surface area contributed by atoms with Gasteiger partial charge in [0.15, 0.2) is 5.71 Å². The van der Waals surface area contributed by atoms with Crippen molar-refractivity contribution < 1.29 is 22.3 Å². The summed E-state index contributed by atoms with van der Waals surface area (Å²) in [7, 11) is -4.54. The van der Waals surface area contributed by atoms with Gasteiger partial charge >= 0.3 is 0 Å². The molecule has 2 aliphatic heterocycles. The fourth-order valence-corrected chi connectivity index (χ4v) is 9.50. The summed E-state index contributed by atoms with van der Waals surface area (Å²) in [6.07, 6.45) is 23.4. The minimum atomic E-state index is -4.54. The summed E-state index contributed by atoms with van der Waals surface area (Å²) in [5.74, 6) is 2.66. The first-order valence-corrected chi connectivity index (χ1v) is 20.0. The number of hydrogen-bond acceptors (Lipinski definition) is 5. The number of likely N-dealkylation sites (N-methyl/N-ethyl adjacent to an activating group) is 1. The van der Waals surface area contributed by atoms with E-state index in [2.05, 4.69) is 106 Å². The third-order valence-corrected chi connectivity index (χ3v) is 12.6. The van der Waals surface area contributed by atoms with Crippen LogP contribution in [0, 0.1) is 24.7 Å². The fourth-order valence-electron chi connectivity index (χ4n) is 9.01. The maximum absolute atomic E-state index is 12.7. The molecule has 6 nitrogen and oxygen atoms in total. The summed E-state index contributed by atoms with van der Waals surface area (Å²) in [5.41, 5.74) is 7.36. The van der Waals surface area contributed by atoms with E-state index in [1.165, 1.54) is 47.5 Å². The molecule has 0 aromatic heterocycles. The van der Waals surface area contributed by atoms with E-state index in [1.807, 2.05) is 6.08 Å². The van der Waals surface area contributed by atoms with Crippen molar-refractivity contribution >= 4 is 33.0 Å². The molecule has 0 saturated heterocycles. The van der Waals surface area contributed by atoms with Gasteiger partial charge < -0.3 is 9.45 Å². The van der Waals surface area contributed by atoms with E-state index in [-0.39, 0.29) is 10.3 Å². The first-order valence-electron chi connectivity index (χ1n) is 18.6. The second-order valence-corrected chi connectivity index (χ2v) is 17.3. The van der Waals surface area contributed by atoms with Crippen LogP contribution in [0.1, 0.15) is 103 Å². The molecule has 6 rings (SSSR count). The Bertz CT molecular complexity index is 1910. The molecule has 2 aromatic carbocycles. The summed E-state index contributed by atoms with van der Waals surface area (Å²) < 4.78 is 37.7. The monoisotopic (exact) mass is 694 g/mol. The molecule has 0 N–H and O–H groups in total. The van der Waals surface area contributed by atoms with Gasteiger partial charge in [0.25, 0.3) is 0 Å². The van der Waals surface area contributed by atoms with Gasteiger partial charge in [-0.05, 0) is 113 Å². The lowest BCUT2D eigenvalue weighted by atomic mass is 9.81. The van der Waals surface area contributed by atoms with Crippen molar-refractivity contribution in [3.05, 3.63) is 101 Å². The molecule has 2 aliphatic carbocycles. The molecule has 0 amide bonds. The molecule has 1 fully saturated rings. The smallest absolute Gasteiger partial charge is 0.209 e. The van der Waals surface area contributed by atoms with Crippen LogP contribution in [0.4, 0.5) is 11.4 Å². The maximum Gasteiger partial charge on any atom is 0.209 e. The van der Waals surface area contributed by atoms with Crippen molar-refractivity contribution in [2.75, 3.05) is 18.0 Å².